The van der Waals surface area contributed by atoms with E-state index in [1.807, 2.05) is 30.3 Å². The first-order valence-electron chi connectivity index (χ1n) is 11.7. The van der Waals surface area contributed by atoms with Gasteiger partial charge in [-0.15, -0.1) is 0 Å². The average molecular weight is 455 g/mol. The number of barbiturate groups is 1. The molecule has 0 atom stereocenters. The van der Waals surface area contributed by atoms with Gasteiger partial charge in [0, 0.05) is 6.04 Å². The fourth-order valence-electron chi connectivity index (χ4n) is 4.66. The SMILES string of the molecule is O=C1NC(=O)N(C2CCCCC2)C(=O)C1=Cc1ccc(OCc2ccc3ccccc3c2)cc1. The summed E-state index contributed by atoms with van der Waals surface area (Å²) in [7, 11) is 0. The molecule has 1 aliphatic carbocycles. The minimum absolute atomic E-state index is 0.0185. The van der Waals surface area contributed by atoms with Crippen LogP contribution in [0.5, 0.6) is 5.75 Å². The molecule has 3 aromatic rings. The van der Waals surface area contributed by atoms with E-state index in [2.05, 4.69) is 29.6 Å². The fraction of sp³-hybridized carbons (Fsp3) is 0.250. The summed E-state index contributed by atoms with van der Waals surface area (Å²) in [6.07, 6.45) is 6.17. The molecule has 34 heavy (non-hydrogen) atoms. The maximum Gasteiger partial charge on any atom is 0.331 e. The number of imide groups is 2. The van der Waals surface area contributed by atoms with E-state index in [9.17, 15) is 14.4 Å². The van der Waals surface area contributed by atoms with Gasteiger partial charge in [-0.25, -0.2) is 4.79 Å². The summed E-state index contributed by atoms with van der Waals surface area (Å²) in [5.74, 6) is -0.482. The van der Waals surface area contributed by atoms with Gasteiger partial charge in [0.2, 0.25) is 0 Å². The Bertz CT molecular complexity index is 1270. The molecule has 0 radical (unpaired) electrons. The quantitative estimate of drug-likeness (QED) is 0.424. The van der Waals surface area contributed by atoms with Gasteiger partial charge in [0.05, 0.1) is 0 Å². The van der Waals surface area contributed by atoms with Crippen molar-refractivity contribution in [2.75, 3.05) is 0 Å². The van der Waals surface area contributed by atoms with Gasteiger partial charge in [-0.3, -0.25) is 19.8 Å². The van der Waals surface area contributed by atoms with Crippen LogP contribution in [0.25, 0.3) is 16.8 Å². The van der Waals surface area contributed by atoms with Crippen molar-refractivity contribution in [1.29, 1.82) is 0 Å². The van der Waals surface area contributed by atoms with Gasteiger partial charge in [0.1, 0.15) is 17.9 Å². The summed E-state index contributed by atoms with van der Waals surface area (Å²) >= 11 is 0. The normalized spacial score (nSPS) is 18.4. The highest BCUT2D eigenvalue weighted by atomic mass is 16.5. The molecular formula is C28H26N2O4. The molecule has 1 heterocycles. The summed E-state index contributed by atoms with van der Waals surface area (Å²) in [4.78, 5) is 39.0. The minimum Gasteiger partial charge on any atom is -0.489 e. The van der Waals surface area contributed by atoms with Crippen LogP contribution in [0.3, 0.4) is 0 Å². The molecule has 2 fully saturated rings. The lowest BCUT2D eigenvalue weighted by molar-refractivity contribution is -0.132. The van der Waals surface area contributed by atoms with Crippen molar-refractivity contribution in [3.63, 3.8) is 0 Å². The van der Waals surface area contributed by atoms with Crippen LogP contribution in [0.1, 0.15) is 43.2 Å². The van der Waals surface area contributed by atoms with Crippen LogP contribution < -0.4 is 10.1 Å². The van der Waals surface area contributed by atoms with Gasteiger partial charge in [-0.05, 0) is 59.0 Å². The first-order chi connectivity index (χ1) is 16.6. The Labute approximate surface area is 198 Å². The number of nitrogens with zero attached hydrogens (tertiary/aromatic N) is 1. The van der Waals surface area contributed by atoms with Crippen molar-refractivity contribution in [1.82, 2.24) is 10.2 Å². The Morgan fingerprint density at radius 2 is 1.62 bits per heavy atom. The van der Waals surface area contributed by atoms with Crippen LogP contribution in [0.4, 0.5) is 4.79 Å². The number of benzene rings is 3. The predicted molar refractivity (Wildman–Crippen MR) is 130 cm³/mol. The molecule has 1 aliphatic heterocycles. The van der Waals surface area contributed by atoms with Crippen molar-refractivity contribution >= 4 is 34.7 Å². The van der Waals surface area contributed by atoms with E-state index in [1.165, 1.54) is 21.7 Å². The monoisotopic (exact) mass is 454 g/mol. The molecular weight excluding hydrogens is 428 g/mol. The van der Waals surface area contributed by atoms with E-state index < -0.39 is 17.8 Å². The predicted octanol–water partition coefficient (Wildman–Crippen LogP) is 5.21. The number of ether oxygens (including phenoxy) is 1. The molecule has 1 saturated carbocycles. The van der Waals surface area contributed by atoms with Crippen LogP contribution >= 0.6 is 0 Å². The summed E-state index contributed by atoms with van der Waals surface area (Å²) in [6.45, 7) is 0.435. The second-order valence-electron chi connectivity index (χ2n) is 8.82. The van der Waals surface area contributed by atoms with E-state index in [0.29, 0.717) is 17.9 Å². The summed E-state index contributed by atoms with van der Waals surface area (Å²) in [6, 6.07) is 20.9. The number of hydrogen-bond acceptors (Lipinski definition) is 4. The van der Waals surface area contributed by atoms with Gasteiger partial charge in [0.15, 0.2) is 0 Å². The van der Waals surface area contributed by atoms with Crippen LogP contribution in [-0.4, -0.2) is 28.8 Å². The molecule has 0 unspecified atom stereocenters. The maximum atomic E-state index is 13.0. The summed E-state index contributed by atoms with van der Waals surface area (Å²) in [5, 5.41) is 4.68. The molecule has 5 rings (SSSR count). The number of carbonyl (C=O) groups excluding carboxylic acids is 3. The lowest BCUT2D eigenvalue weighted by Gasteiger charge is -2.35. The van der Waals surface area contributed by atoms with Crippen molar-refractivity contribution < 1.29 is 19.1 Å². The number of carbonyl (C=O) groups is 3. The fourth-order valence-corrected chi connectivity index (χ4v) is 4.66. The van der Waals surface area contributed by atoms with Gasteiger partial charge < -0.3 is 4.74 Å². The second kappa shape index (κ2) is 9.51. The molecule has 6 heteroatoms. The zero-order valence-corrected chi connectivity index (χ0v) is 18.8. The molecule has 172 valence electrons. The molecule has 0 aromatic heterocycles. The Morgan fingerprint density at radius 1 is 0.882 bits per heavy atom. The third-order valence-corrected chi connectivity index (χ3v) is 6.48. The van der Waals surface area contributed by atoms with Crippen molar-refractivity contribution in [2.24, 2.45) is 0 Å². The molecule has 1 saturated heterocycles. The lowest BCUT2D eigenvalue weighted by atomic mass is 9.93. The number of fused-ring (bicyclic) bond motifs is 1. The van der Waals surface area contributed by atoms with Gasteiger partial charge in [-0.1, -0.05) is 67.8 Å². The highest BCUT2D eigenvalue weighted by molar-refractivity contribution is 6.31. The zero-order valence-electron chi connectivity index (χ0n) is 18.8. The molecule has 0 bridgehead atoms. The number of amides is 4. The number of rotatable bonds is 5. The first-order valence-corrected chi connectivity index (χ1v) is 11.7. The Morgan fingerprint density at radius 3 is 2.38 bits per heavy atom. The molecule has 1 N–H and O–H groups in total. The van der Waals surface area contributed by atoms with Crippen LogP contribution in [0.15, 0.2) is 72.3 Å². The Balaban J connectivity index is 1.28. The molecule has 4 amide bonds. The van der Waals surface area contributed by atoms with E-state index in [-0.39, 0.29) is 11.6 Å². The highest BCUT2D eigenvalue weighted by Crippen LogP contribution is 2.27. The standard InChI is InChI=1S/C28H26N2O4/c31-26-25(27(32)30(28(33)29-26)23-8-2-1-3-9-23)17-19-11-14-24(15-12-19)34-18-20-10-13-21-6-4-5-7-22(21)16-20/h4-7,10-17,23H,1-3,8-9,18H2,(H,29,31,33). The first kappa shape index (κ1) is 21.9. The minimum atomic E-state index is -0.654. The number of hydrogen-bond donors (Lipinski definition) is 1. The molecule has 3 aromatic carbocycles. The smallest absolute Gasteiger partial charge is 0.331 e. The summed E-state index contributed by atoms with van der Waals surface area (Å²) in [5.41, 5.74) is 1.74. The number of nitrogens with one attached hydrogen (secondary N) is 1. The Kier molecular flexibility index (Phi) is 6.12. The Hall–Kier alpha value is -3.93. The van der Waals surface area contributed by atoms with Gasteiger partial charge in [-0.2, -0.15) is 0 Å². The topological polar surface area (TPSA) is 75.7 Å². The number of urea groups is 1. The van der Waals surface area contributed by atoms with Crippen molar-refractivity contribution in [3.05, 3.63) is 83.4 Å². The third-order valence-electron chi connectivity index (χ3n) is 6.48. The zero-order chi connectivity index (χ0) is 23.5. The van der Waals surface area contributed by atoms with Crippen molar-refractivity contribution in [2.45, 2.75) is 44.8 Å². The van der Waals surface area contributed by atoms with E-state index in [4.69, 9.17) is 4.74 Å². The maximum absolute atomic E-state index is 13.0. The molecule has 0 spiro atoms. The highest BCUT2D eigenvalue weighted by Gasteiger charge is 2.40. The lowest BCUT2D eigenvalue weighted by Crippen LogP contribution is -2.58. The van der Waals surface area contributed by atoms with E-state index in [0.717, 1.165) is 37.7 Å². The van der Waals surface area contributed by atoms with Gasteiger partial charge in [0.25, 0.3) is 11.8 Å². The van der Waals surface area contributed by atoms with Crippen LogP contribution in [0, 0.1) is 0 Å². The van der Waals surface area contributed by atoms with E-state index in [1.54, 1.807) is 12.1 Å². The molecule has 6 nitrogen and oxygen atoms in total. The largest absolute Gasteiger partial charge is 0.489 e. The van der Waals surface area contributed by atoms with E-state index >= 15 is 0 Å². The average Bonchev–Trinajstić information content (AvgIpc) is 2.86. The third kappa shape index (κ3) is 4.57. The summed E-state index contributed by atoms with van der Waals surface area (Å²) < 4.78 is 5.92. The second-order valence-corrected chi connectivity index (χ2v) is 8.82. The van der Waals surface area contributed by atoms with Gasteiger partial charge >= 0.3 is 6.03 Å². The molecule has 2 aliphatic rings. The van der Waals surface area contributed by atoms with Crippen LogP contribution in [0.2, 0.25) is 0 Å². The van der Waals surface area contributed by atoms with Crippen molar-refractivity contribution in [3.8, 4) is 5.75 Å². The van der Waals surface area contributed by atoms with Crippen LogP contribution in [-0.2, 0) is 16.2 Å².